The van der Waals surface area contributed by atoms with Crippen molar-refractivity contribution in [2.75, 3.05) is 0 Å². The van der Waals surface area contributed by atoms with Crippen LogP contribution in [-0.2, 0) is 0 Å². The van der Waals surface area contributed by atoms with E-state index in [1.165, 1.54) is 5.56 Å². The van der Waals surface area contributed by atoms with Crippen LogP contribution in [0.5, 0.6) is 11.5 Å². The van der Waals surface area contributed by atoms with Crippen LogP contribution >= 0.6 is 11.6 Å². The largest absolute Gasteiger partial charge is 0.457 e. The van der Waals surface area contributed by atoms with Crippen molar-refractivity contribution in [3.8, 4) is 11.5 Å². The number of ether oxygens (including phenoxy) is 1. The Hall–Kier alpha value is -2.00. The molecule has 2 rings (SSSR count). The van der Waals surface area contributed by atoms with Gasteiger partial charge in [-0.3, -0.25) is 5.41 Å². The molecular weight excluding hydrogens is 284 g/mol. The van der Waals surface area contributed by atoms with E-state index in [0.29, 0.717) is 28.0 Å². The number of halogens is 1. The van der Waals surface area contributed by atoms with Gasteiger partial charge in [0.2, 0.25) is 0 Å². The highest BCUT2D eigenvalue weighted by molar-refractivity contribution is 6.34. The molecule has 0 aliphatic heterocycles. The zero-order valence-electron chi connectivity index (χ0n) is 12.2. The van der Waals surface area contributed by atoms with Crippen LogP contribution in [0.1, 0.15) is 37.3 Å². The van der Waals surface area contributed by atoms with E-state index in [1.54, 1.807) is 18.2 Å². The first-order valence-electron chi connectivity index (χ1n) is 6.93. The molecule has 0 aromatic heterocycles. The SMILES string of the molecule is CCC(C)c1ccc(Oc2cccc(Cl)c2C(=N)N)cc1. The Morgan fingerprint density at radius 1 is 1.24 bits per heavy atom. The Kier molecular flexibility index (Phi) is 4.86. The Bertz CT molecular complexity index is 638. The molecule has 2 aromatic rings. The summed E-state index contributed by atoms with van der Waals surface area (Å²) in [6.45, 7) is 4.36. The average Bonchev–Trinajstić information content (AvgIpc) is 2.47. The normalized spacial score (nSPS) is 12.0. The summed E-state index contributed by atoms with van der Waals surface area (Å²) in [4.78, 5) is 0. The highest BCUT2D eigenvalue weighted by atomic mass is 35.5. The summed E-state index contributed by atoms with van der Waals surface area (Å²) in [6, 6.07) is 13.2. The van der Waals surface area contributed by atoms with Gasteiger partial charge in [-0.1, -0.05) is 43.6 Å². The minimum Gasteiger partial charge on any atom is -0.457 e. The molecular formula is C17H19ClN2O. The van der Waals surface area contributed by atoms with E-state index in [-0.39, 0.29) is 5.84 Å². The summed E-state index contributed by atoms with van der Waals surface area (Å²) < 4.78 is 5.81. The first kappa shape index (κ1) is 15.4. The molecule has 0 saturated heterocycles. The van der Waals surface area contributed by atoms with Gasteiger partial charge in [-0.2, -0.15) is 0 Å². The summed E-state index contributed by atoms with van der Waals surface area (Å²) in [7, 11) is 0. The smallest absolute Gasteiger partial charge is 0.139 e. The highest BCUT2D eigenvalue weighted by Gasteiger charge is 2.12. The zero-order valence-corrected chi connectivity index (χ0v) is 12.9. The third-order valence-corrected chi connectivity index (χ3v) is 3.85. The molecule has 1 atom stereocenters. The van der Waals surface area contributed by atoms with Gasteiger partial charge in [-0.15, -0.1) is 0 Å². The highest BCUT2D eigenvalue weighted by Crippen LogP contribution is 2.31. The topological polar surface area (TPSA) is 59.1 Å². The predicted molar refractivity (Wildman–Crippen MR) is 87.7 cm³/mol. The summed E-state index contributed by atoms with van der Waals surface area (Å²) in [5.41, 5.74) is 7.27. The van der Waals surface area contributed by atoms with Crippen molar-refractivity contribution < 1.29 is 4.74 Å². The maximum Gasteiger partial charge on any atom is 0.139 e. The number of rotatable bonds is 5. The van der Waals surface area contributed by atoms with Gasteiger partial charge >= 0.3 is 0 Å². The van der Waals surface area contributed by atoms with E-state index in [4.69, 9.17) is 27.5 Å². The molecule has 0 aliphatic rings. The van der Waals surface area contributed by atoms with Crippen LogP contribution in [0.3, 0.4) is 0 Å². The number of amidine groups is 1. The number of hydrogen-bond acceptors (Lipinski definition) is 2. The van der Waals surface area contributed by atoms with E-state index in [9.17, 15) is 0 Å². The molecule has 21 heavy (non-hydrogen) atoms. The van der Waals surface area contributed by atoms with E-state index >= 15 is 0 Å². The third-order valence-electron chi connectivity index (χ3n) is 3.53. The lowest BCUT2D eigenvalue weighted by atomic mass is 9.99. The second kappa shape index (κ2) is 6.64. The van der Waals surface area contributed by atoms with Crippen LogP contribution in [-0.4, -0.2) is 5.84 Å². The van der Waals surface area contributed by atoms with Crippen molar-refractivity contribution in [1.29, 1.82) is 5.41 Å². The zero-order chi connectivity index (χ0) is 15.4. The van der Waals surface area contributed by atoms with Gasteiger partial charge in [0, 0.05) is 0 Å². The fraction of sp³-hybridized carbons (Fsp3) is 0.235. The summed E-state index contributed by atoms with van der Waals surface area (Å²) in [6.07, 6.45) is 1.10. The van der Waals surface area contributed by atoms with Crippen molar-refractivity contribution in [1.82, 2.24) is 0 Å². The standard InChI is InChI=1S/C17H19ClN2O/c1-3-11(2)12-7-9-13(10-8-12)21-15-6-4-5-14(18)16(15)17(19)20/h4-11H,3H2,1-2H3,(H3,19,20). The number of benzene rings is 2. The van der Waals surface area contributed by atoms with Crippen molar-refractivity contribution in [3.05, 3.63) is 58.6 Å². The molecule has 3 N–H and O–H groups in total. The van der Waals surface area contributed by atoms with Gasteiger partial charge in [-0.25, -0.2) is 0 Å². The number of nitrogen functional groups attached to an aromatic ring is 1. The van der Waals surface area contributed by atoms with E-state index in [1.807, 2.05) is 12.1 Å². The van der Waals surface area contributed by atoms with Crippen LogP contribution < -0.4 is 10.5 Å². The maximum atomic E-state index is 7.61. The van der Waals surface area contributed by atoms with Crippen LogP contribution in [0.4, 0.5) is 0 Å². The Balaban J connectivity index is 2.27. The van der Waals surface area contributed by atoms with Crippen LogP contribution in [0.2, 0.25) is 5.02 Å². The predicted octanol–water partition coefficient (Wildman–Crippen LogP) is 4.93. The lowest BCUT2D eigenvalue weighted by Crippen LogP contribution is -2.13. The monoisotopic (exact) mass is 302 g/mol. The molecule has 2 aromatic carbocycles. The van der Waals surface area contributed by atoms with Gasteiger partial charge in [-0.05, 0) is 42.2 Å². The van der Waals surface area contributed by atoms with Gasteiger partial charge in [0.15, 0.2) is 0 Å². The number of nitrogens with one attached hydrogen (secondary N) is 1. The summed E-state index contributed by atoms with van der Waals surface area (Å²) >= 11 is 6.08. The minimum absolute atomic E-state index is 0.105. The average molecular weight is 303 g/mol. The molecule has 1 unspecified atom stereocenters. The van der Waals surface area contributed by atoms with E-state index in [2.05, 4.69) is 26.0 Å². The molecule has 0 spiro atoms. The van der Waals surface area contributed by atoms with Crippen LogP contribution in [0, 0.1) is 5.41 Å². The maximum absolute atomic E-state index is 7.61. The van der Waals surface area contributed by atoms with E-state index < -0.39 is 0 Å². The first-order chi connectivity index (χ1) is 10.0. The molecule has 0 amide bonds. The first-order valence-corrected chi connectivity index (χ1v) is 7.31. The third kappa shape index (κ3) is 3.56. The Morgan fingerprint density at radius 2 is 1.90 bits per heavy atom. The fourth-order valence-electron chi connectivity index (χ4n) is 2.08. The molecule has 110 valence electrons. The lowest BCUT2D eigenvalue weighted by molar-refractivity contribution is 0.481. The van der Waals surface area contributed by atoms with Crippen LogP contribution in [0.15, 0.2) is 42.5 Å². The fourth-order valence-corrected chi connectivity index (χ4v) is 2.35. The molecule has 0 aliphatic carbocycles. The number of hydrogen-bond donors (Lipinski definition) is 2. The second-order valence-corrected chi connectivity index (χ2v) is 5.41. The molecule has 3 nitrogen and oxygen atoms in total. The lowest BCUT2D eigenvalue weighted by Gasteiger charge is -2.13. The van der Waals surface area contributed by atoms with Gasteiger partial charge in [0.05, 0.1) is 10.6 Å². The summed E-state index contributed by atoms with van der Waals surface area (Å²) in [5.74, 6) is 1.61. The molecule has 0 fully saturated rings. The minimum atomic E-state index is -0.105. The molecule has 0 heterocycles. The Morgan fingerprint density at radius 3 is 2.48 bits per heavy atom. The van der Waals surface area contributed by atoms with Crippen molar-refractivity contribution in [2.45, 2.75) is 26.2 Å². The van der Waals surface area contributed by atoms with Crippen molar-refractivity contribution in [3.63, 3.8) is 0 Å². The Labute approximate surface area is 130 Å². The quantitative estimate of drug-likeness (QED) is 0.607. The molecule has 0 saturated carbocycles. The van der Waals surface area contributed by atoms with Crippen molar-refractivity contribution >= 4 is 17.4 Å². The molecule has 4 heteroatoms. The molecule has 0 bridgehead atoms. The second-order valence-electron chi connectivity index (χ2n) is 5.01. The summed E-state index contributed by atoms with van der Waals surface area (Å²) in [5, 5.41) is 8.02. The van der Waals surface area contributed by atoms with Crippen molar-refractivity contribution in [2.24, 2.45) is 5.73 Å². The van der Waals surface area contributed by atoms with Gasteiger partial charge < -0.3 is 10.5 Å². The van der Waals surface area contributed by atoms with E-state index in [0.717, 1.165) is 6.42 Å². The number of nitrogens with two attached hydrogens (primary N) is 1. The molecule has 0 radical (unpaired) electrons. The van der Waals surface area contributed by atoms with Gasteiger partial charge in [0.1, 0.15) is 17.3 Å². The van der Waals surface area contributed by atoms with Crippen LogP contribution in [0.25, 0.3) is 0 Å². The van der Waals surface area contributed by atoms with Gasteiger partial charge in [0.25, 0.3) is 0 Å².